The standard InChI is InChI=1S/C14H21NO3/c1-8-5-9(2)13(10(3)6-8)14(18)11(4)15-7-12(16)17/h5-6,11,14-15,18H,7H2,1-4H3,(H,16,17). The van der Waals surface area contributed by atoms with Gasteiger partial charge in [0, 0.05) is 6.04 Å². The lowest BCUT2D eigenvalue weighted by Gasteiger charge is -2.23. The Balaban J connectivity index is 2.89. The number of aliphatic hydroxyl groups is 1. The van der Waals surface area contributed by atoms with Crippen LogP contribution in [0.25, 0.3) is 0 Å². The second kappa shape index (κ2) is 5.98. The maximum atomic E-state index is 10.5. The fraction of sp³-hybridized carbons (Fsp3) is 0.500. The Hall–Kier alpha value is -1.39. The summed E-state index contributed by atoms with van der Waals surface area (Å²) >= 11 is 0. The van der Waals surface area contributed by atoms with Crippen molar-refractivity contribution in [2.24, 2.45) is 0 Å². The van der Waals surface area contributed by atoms with Crippen LogP contribution in [0, 0.1) is 20.8 Å². The van der Waals surface area contributed by atoms with Gasteiger partial charge in [0.05, 0.1) is 12.6 Å². The number of carbonyl (C=O) groups is 1. The summed E-state index contributed by atoms with van der Waals surface area (Å²) in [6, 6.07) is 3.74. The van der Waals surface area contributed by atoms with E-state index < -0.39 is 12.1 Å². The molecule has 0 aliphatic carbocycles. The first-order chi connectivity index (χ1) is 8.32. The van der Waals surface area contributed by atoms with Crippen molar-refractivity contribution in [1.29, 1.82) is 0 Å². The lowest BCUT2D eigenvalue weighted by Crippen LogP contribution is -2.36. The largest absolute Gasteiger partial charge is 0.480 e. The minimum Gasteiger partial charge on any atom is -0.480 e. The summed E-state index contributed by atoms with van der Waals surface area (Å²) in [5.41, 5.74) is 4.10. The first-order valence-electron chi connectivity index (χ1n) is 6.04. The fourth-order valence-corrected chi connectivity index (χ4v) is 2.27. The van der Waals surface area contributed by atoms with Crippen molar-refractivity contribution in [1.82, 2.24) is 5.32 Å². The van der Waals surface area contributed by atoms with E-state index >= 15 is 0 Å². The minimum absolute atomic E-state index is 0.151. The van der Waals surface area contributed by atoms with Crippen LogP contribution in [0.3, 0.4) is 0 Å². The number of aliphatic hydroxyl groups excluding tert-OH is 1. The summed E-state index contributed by atoms with van der Waals surface area (Å²) in [4.78, 5) is 10.5. The number of hydrogen-bond acceptors (Lipinski definition) is 3. The first kappa shape index (κ1) is 14.7. The number of benzene rings is 1. The molecule has 3 N–H and O–H groups in total. The maximum absolute atomic E-state index is 10.5. The van der Waals surface area contributed by atoms with Gasteiger partial charge in [-0.25, -0.2) is 0 Å². The number of rotatable bonds is 5. The van der Waals surface area contributed by atoms with Crippen LogP contribution in [-0.4, -0.2) is 28.8 Å². The van der Waals surface area contributed by atoms with Crippen molar-refractivity contribution in [3.05, 3.63) is 34.4 Å². The predicted octanol–water partition coefficient (Wildman–Crippen LogP) is 1.71. The molecule has 2 unspecified atom stereocenters. The van der Waals surface area contributed by atoms with E-state index in [1.807, 2.05) is 32.9 Å². The van der Waals surface area contributed by atoms with Gasteiger partial charge in [0.25, 0.3) is 0 Å². The van der Waals surface area contributed by atoms with E-state index in [0.29, 0.717) is 0 Å². The second-order valence-corrected chi connectivity index (χ2v) is 4.82. The van der Waals surface area contributed by atoms with E-state index in [-0.39, 0.29) is 12.6 Å². The van der Waals surface area contributed by atoms with E-state index in [9.17, 15) is 9.90 Å². The number of carboxylic acids is 1. The molecule has 1 rings (SSSR count). The molecular weight excluding hydrogens is 230 g/mol. The average Bonchev–Trinajstić information content (AvgIpc) is 2.24. The molecular formula is C14H21NO3. The smallest absolute Gasteiger partial charge is 0.317 e. The number of nitrogens with one attached hydrogen (secondary N) is 1. The Morgan fingerprint density at radius 1 is 1.28 bits per heavy atom. The molecule has 1 aromatic carbocycles. The van der Waals surface area contributed by atoms with Crippen LogP contribution in [0.1, 0.15) is 35.3 Å². The van der Waals surface area contributed by atoms with E-state index in [1.165, 1.54) is 0 Å². The molecule has 0 bridgehead atoms. The van der Waals surface area contributed by atoms with Crippen molar-refractivity contribution in [2.45, 2.75) is 39.8 Å². The Morgan fingerprint density at radius 2 is 1.78 bits per heavy atom. The molecule has 18 heavy (non-hydrogen) atoms. The zero-order chi connectivity index (χ0) is 13.9. The third-order valence-electron chi connectivity index (χ3n) is 3.08. The summed E-state index contributed by atoms with van der Waals surface area (Å²) in [6.45, 7) is 7.57. The summed E-state index contributed by atoms with van der Waals surface area (Å²) in [5, 5.41) is 21.7. The molecule has 0 amide bonds. The SMILES string of the molecule is Cc1cc(C)c(C(O)C(C)NCC(=O)O)c(C)c1. The van der Waals surface area contributed by atoms with Crippen molar-refractivity contribution in [3.8, 4) is 0 Å². The normalized spacial score (nSPS) is 14.3. The quantitative estimate of drug-likeness (QED) is 0.745. The molecule has 0 fully saturated rings. The summed E-state index contributed by atoms with van der Waals surface area (Å²) in [6.07, 6.45) is -0.704. The van der Waals surface area contributed by atoms with Crippen LogP contribution < -0.4 is 5.32 Å². The number of aliphatic carboxylic acids is 1. The Morgan fingerprint density at radius 3 is 2.22 bits per heavy atom. The third kappa shape index (κ3) is 3.55. The van der Waals surface area contributed by atoms with Crippen molar-refractivity contribution in [3.63, 3.8) is 0 Å². The second-order valence-electron chi connectivity index (χ2n) is 4.82. The van der Waals surface area contributed by atoms with E-state index in [4.69, 9.17) is 5.11 Å². The van der Waals surface area contributed by atoms with Gasteiger partial charge in [-0.2, -0.15) is 0 Å². The monoisotopic (exact) mass is 251 g/mol. The van der Waals surface area contributed by atoms with Crippen LogP contribution in [-0.2, 0) is 4.79 Å². The highest BCUT2D eigenvalue weighted by molar-refractivity contribution is 5.69. The van der Waals surface area contributed by atoms with Crippen LogP contribution in [0.2, 0.25) is 0 Å². The number of carboxylic acid groups (broad SMARTS) is 1. The Bertz CT molecular complexity index is 420. The summed E-state index contributed by atoms with van der Waals surface area (Å²) in [5.74, 6) is -0.925. The summed E-state index contributed by atoms with van der Waals surface area (Å²) in [7, 11) is 0. The number of hydrogen-bond donors (Lipinski definition) is 3. The van der Waals surface area contributed by atoms with Gasteiger partial charge in [-0.05, 0) is 44.4 Å². The molecule has 100 valence electrons. The van der Waals surface area contributed by atoms with Gasteiger partial charge >= 0.3 is 5.97 Å². The van der Waals surface area contributed by atoms with Crippen LogP contribution in [0.5, 0.6) is 0 Å². The van der Waals surface area contributed by atoms with Gasteiger partial charge in [0.1, 0.15) is 0 Å². The first-order valence-corrected chi connectivity index (χ1v) is 6.04. The Labute approximate surface area is 108 Å². The molecule has 0 radical (unpaired) electrons. The highest BCUT2D eigenvalue weighted by Crippen LogP contribution is 2.25. The van der Waals surface area contributed by atoms with Crippen molar-refractivity contribution >= 4 is 5.97 Å². The zero-order valence-corrected chi connectivity index (χ0v) is 11.3. The van der Waals surface area contributed by atoms with Crippen molar-refractivity contribution in [2.75, 3.05) is 6.54 Å². The van der Waals surface area contributed by atoms with E-state index in [1.54, 1.807) is 6.92 Å². The molecule has 4 nitrogen and oxygen atoms in total. The van der Waals surface area contributed by atoms with Gasteiger partial charge in [-0.15, -0.1) is 0 Å². The highest BCUT2D eigenvalue weighted by Gasteiger charge is 2.20. The van der Waals surface area contributed by atoms with Gasteiger partial charge < -0.3 is 15.5 Å². The topological polar surface area (TPSA) is 69.6 Å². The molecule has 4 heteroatoms. The average molecular weight is 251 g/mol. The molecule has 1 aromatic rings. The van der Waals surface area contributed by atoms with Crippen LogP contribution in [0.15, 0.2) is 12.1 Å². The summed E-state index contributed by atoms with van der Waals surface area (Å²) < 4.78 is 0. The van der Waals surface area contributed by atoms with Crippen LogP contribution in [0.4, 0.5) is 0 Å². The lowest BCUT2D eigenvalue weighted by atomic mass is 9.92. The van der Waals surface area contributed by atoms with Crippen LogP contribution >= 0.6 is 0 Å². The molecule has 0 aliphatic rings. The molecule has 0 spiro atoms. The molecule has 2 atom stereocenters. The van der Waals surface area contributed by atoms with Gasteiger partial charge in [0.15, 0.2) is 0 Å². The fourth-order valence-electron chi connectivity index (χ4n) is 2.27. The predicted molar refractivity (Wildman–Crippen MR) is 70.7 cm³/mol. The third-order valence-corrected chi connectivity index (χ3v) is 3.08. The number of aryl methyl sites for hydroxylation is 3. The lowest BCUT2D eigenvalue weighted by molar-refractivity contribution is -0.136. The highest BCUT2D eigenvalue weighted by atomic mass is 16.4. The molecule has 0 heterocycles. The Kier molecular flexibility index (Phi) is 4.87. The molecule has 0 aliphatic heterocycles. The minimum atomic E-state index is -0.925. The molecule has 0 aromatic heterocycles. The van der Waals surface area contributed by atoms with Gasteiger partial charge in [0.2, 0.25) is 0 Å². The van der Waals surface area contributed by atoms with Gasteiger partial charge in [-0.3, -0.25) is 4.79 Å². The van der Waals surface area contributed by atoms with Crippen molar-refractivity contribution < 1.29 is 15.0 Å². The zero-order valence-electron chi connectivity index (χ0n) is 11.3. The molecule has 0 saturated carbocycles. The van der Waals surface area contributed by atoms with E-state index in [2.05, 4.69) is 5.32 Å². The molecule has 0 saturated heterocycles. The van der Waals surface area contributed by atoms with Gasteiger partial charge in [-0.1, -0.05) is 17.7 Å². The maximum Gasteiger partial charge on any atom is 0.317 e. The van der Waals surface area contributed by atoms with E-state index in [0.717, 1.165) is 22.3 Å².